The molecule has 0 aromatic carbocycles. The van der Waals surface area contributed by atoms with Gasteiger partial charge in [0.15, 0.2) is 0 Å². The molecule has 0 amide bonds. The molecule has 0 aromatic heterocycles. The van der Waals surface area contributed by atoms with Crippen molar-refractivity contribution in [1.29, 1.82) is 0 Å². The summed E-state index contributed by atoms with van der Waals surface area (Å²) in [6, 6.07) is 0.836. The van der Waals surface area contributed by atoms with Gasteiger partial charge in [-0.2, -0.15) is 0 Å². The Balaban J connectivity index is 3.84. The summed E-state index contributed by atoms with van der Waals surface area (Å²) in [5.41, 5.74) is -1.36. The fourth-order valence-corrected chi connectivity index (χ4v) is 1.55. The van der Waals surface area contributed by atoms with E-state index in [1.165, 1.54) is 0 Å². The maximum Gasteiger partial charge on any atom is 0.509 e. The first-order valence-electron chi connectivity index (χ1n) is 4.56. The molecule has 0 fully saturated rings. The molecule has 0 heterocycles. The third-order valence-electron chi connectivity index (χ3n) is 1.53. The third-order valence-corrected chi connectivity index (χ3v) is 4.58. The number of alkyl halides is 4. The maximum atomic E-state index is 11.1. The highest BCUT2D eigenvalue weighted by Crippen LogP contribution is 2.34. The second-order valence-corrected chi connectivity index (χ2v) is 12.8. The lowest BCUT2D eigenvalue weighted by Gasteiger charge is -2.19. The van der Waals surface area contributed by atoms with Crippen molar-refractivity contribution in [3.8, 4) is 0 Å². The fourth-order valence-electron chi connectivity index (χ4n) is 0.626. The molecule has 3 nitrogen and oxygen atoms in total. The summed E-state index contributed by atoms with van der Waals surface area (Å²) in [5.74, 6) is 0. The van der Waals surface area contributed by atoms with Gasteiger partial charge in [-0.05, 0) is 6.04 Å². The van der Waals surface area contributed by atoms with Gasteiger partial charge < -0.3 is 9.47 Å². The van der Waals surface area contributed by atoms with Crippen molar-refractivity contribution >= 4 is 60.6 Å². The lowest BCUT2D eigenvalue weighted by atomic mass is 10.8. The summed E-state index contributed by atoms with van der Waals surface area (Å²) in [6.07, 6.45) is -0.926. The summed E-state index contributed by atoms with van der Waals surface area (Å²) in [5, 5.41) is 0. The van der Waals surface area contributed by atoms with Crippen molar-refractivity contribution in [2.75, 3.05) is 6.61 Å². The van der Waals surface area contributed by atoms with E-state index in [1.807, 2.05) is 0 Å². The molecule has 16 heavy (non-hydrogen) atoms. The topological polar surface area (TPSA) is 35.5 Å². The standard InChI is InChI=1S/C8H14Cl4O3Si/c1-16(2,3)5-4-14-7(13)15-6(9)8(10,11)12/h6H,4-5H2,1-3H3. The Hall–Kier alpha value is 0.647. The van der Waals surface area contributed by atoms with E-state index in [1.54, 1.807) is 0 Å². The average Bonchev–Trinajstić information content (AvgIpc) is 1.99. The first-order valence-corrected chi connectivity index (χ1v) is 9.84. The van der Waals surface area contributed by atoms with Crippen molar-refractivity contribution in [3.05, 3.63) is 0 Å². The highest BCUT2D eigenvalue weighted by Gasteiger charge is 2.34. The number of ether oxygens (including phenoxy) is 2. The normalized spacial score (nSPS) is 14.4. The number of rotatable bonds is 4. The maximum absolute atomic E-state index is 11.1. The molecular weight excluding hydrogens is 314 g/mol. The van der Waals surface area contributed by atoms with Crippen LogP contribution in [-0.2, 0) is 9.47 Å². The van der Waals surface area contributed by atoms with E-state index in [-0.39, 0.29) is 6.61 Å². The molecule has 0 radical (unpaired) electrons. The van der Waals surface area contributed by atoms with Crippen molar-refractivity contribution in [2.45, 2.75) is 35.0 Å². The molecule has 1 unspecified atom stereocenters. The zero-order valence-corrected chi connectivity index (χ0v) is 13.3. The number of hydrogen-bond donors (Lipinski definition) is 0. The quantitative estimate of drug-likeness (QED) is 0.436. The van der Waals surface area contributed by atoms with E-state index in [2.05, 4.69) is 24.4 Å². The van der Waals surface area contributed by atoms with Gasteiger partial charge in [0.1, 0.15) is 0 Å². The molecule has 0 aliphatic carbocycles. The number of hydrogen-bond acceptors (Lipinski definition) is 3. The van der Waals surface area contributed by atoms with Gasteiger partial charge in [-0.15, -0.1) is 0 Å². The smallest absolute Gasteiger partial charge is 0.435 e. The Kier molecular flexibility index (Phi) is 6.81. The van der Waals surface area contributed by atoms with Gasteiger partial charge >= 0.3 is 6.16 Å². The highest BCUT2D eigenvalue weighted by molar-refractivity contribution is 6.76. The van der Waals surface area contributed by atoms with Crippen LogP contribution in [0.25, 0.3) is 0 Å². The molecule has 0 aliphatic heterocycles. The lowest BCUT2D eigenvalue weighted by Crippen LogP contribution is -2.28. The van der Waals surface area contributed by atoms with Crippen molar-refractivity contribution < 1.29 is 14.3 Å². The monoisotopic (exact) mass is 326 g/mol. The summed E-state index contributed by atoms with van der Waals surface area (Å²) in [6.45, 7) is 6.77. The Morgan fingerprint density at radius 2 is 1.81 bits per heavy atom. The van der Waals surface area contributed by atoms with Crippen LogP contribution in [0.3, 0.4) is 0 Å². The Morgan fingerprint density at radius 1 is 1.31 bits per heavy atom. The summed E-state index contributed by atoms with van der Waals surface area (Å²) in [7, 11) is -1.24. The van der Waals surface area contributed by atoms with E-state index in [9.17, 15) is 4.79 Å². The second kappa shape index (κ2) is 6.54. The minimum Gasteiger partial charge on any atom is -0.435 e. The Labute approximate surface area is 116 Å². The summed E-state index contributed by atoms with van der Waals surface area (Å²) >= 11 is 21.7. The van der Waals surface area contributed by atoms with Crippen LogP contribution in [0.15, 0.2) is 0 Å². The minimum atomic E-state index is -1.86. The molecule has 0 saturated heterocycles. The zero-order valence-electron chi connectivity index (χ0n) is 9.23. The Bertz CT molecular complexity index is 236. The predicted octanol–water partition coefficient (Wildman–Crippen LogP) is 4.41. The number of carbonyl (C=O) groups is 1. The van der Waals surface area contributed by atoms with Crippen LogP contribution < -0.4 is 0 Å². The zero-order chi connectivity index (χ0) is 13.0. The number of halogens is 4. The lowest BCUT2D eigenvalue weighted by molar-refractivity contribution is 0.0499. The van der Waals surface area contributed by atoms with Crippen LogP contribution in [-0.4, -0.2) is 30.2 Å². The van der Waals surface area contributed by atoms with Crippen LogP contribution in [0.2, 0.25) is 25.7 Å². The van der Waals surface area contributed by atoms with Gasteiger partial charge in [-0.3, -0.25) is 0 Å². The highest BCUT2D eigenvalue weighted by atomic mass is 35.6. The van der Waals surface area contributed by atoms with Crippen LogP contribution >= 0.6 is 46.4 Å². The van der Waals surface area contributed by atoms with Gasteiger partial charge in [0, 0.05) is 8.07 Å². The first-order chi connectivity index (χ1) is 7.02. The molecule has 0 saturated carbocycles. The molecule has 1 atom stereocenters. The van der Waals surface area contributed by atoms with Crippen molar-refractivity contribution in [1.82, 2.24) is 0 Å². The molecule has 0 N–H and O–H groups in total. The molecule has 96 valence electrons. The van der Waals surface area contributed by atoms with E-state index < -0.39 is 23.6 Å². The van der Waals surface area contributed by atoms with E-state index in [0.717, 1.165) is 6.04 Å². The molecular formula is C8H14Cl4O3Si. The van der Waals surface area contributed by atoms with E-state index in [0.29, 0.717) is 0 Å². The SMILES string of the molecule is C[Si](C)(C)CCOC(=O)OC(Cl)C(Cl)(Cl)Cl. The van der Waals surface area contributed by atoms with Gasteiger partial charge in [-0.1, -0.05) is 66.0 Å². The van der Waals surface area contributed by atoms with Gasteiger partial charge in [0.2, 0.25) is 9.36 Å². The van der Waals surface area contributed by atoms with Crippen LogP contribution in [0.1, 0.15) is 0 Å². The van der Waals surface area contributed by atoms with Crippen molar-refractivity contribution in [2.24, 2.45) is 0 Å². The summed E-state index contributed by atoms with van der Waals surface area (Å²) in [4.78, 5) is 11.1. The summed E-state index contributed by atoms with van der Waals surface area (Å²) < 4.78 is 7.49. The molecule has 0 aliphatic rings. The second-order valence-electron chi connectivity index (χ2n) is 4.38. The van der Waals surface area contributed by atoms with Crippen LogP contribution in [0.4, 0.5) is 4.79 Å². The first kappa shape index (κ1) is 16.6. The van der Waals surface area contributed by atoms with Gasteiger partial charge in [-0.25, -0.2) is 4.79 Å². The molecule has 0 aromatic rings. The van der Waals surface area contributed by atoms with Crippen molar-refractivity contribution in [3.63, 3.8) is 0 Å². The van der Waals surface area contributed by atoms with E-state index in [4.69, 9.17) is 51.1 Å². The third kappa shape index (κ3) is 8.76. The fraction of sp³-hybridized carbons (Fsp3) is 0.875. The molecule has 8 heteroatoms. The number of carbonyl (C=O) groups excluding carboxylic acids is 1. The molecule has 0 rings (SSSR count). The minimum absolute atomic E-state index is 0.290. The average molecular weight is 328 g/mol. The van der Waals surface area contributed by atoms with Crippen LogP contribution in [0, 0.1) is 0 Å². The predicted molar refractivity (Wildman–Crippen MR) is 70.5 cm³/mol. The molecule has 0 bridgehead atoms. The van der Waals surface area contributed by atoms with Gasteiger partial charge in [0.25, 0.3) is 0 Å². The largest absolute Gasteiger partial charge is 0.509 e. The molecule has 0 spiro atoms. The van der Waals surface area contributed by atoms with Crippen LogP contribution in [0.5, 0.6) is 0 Å². The van der Waals surface area contributed by atoms with Gasteiger partial charge in [0.05, 0.1) is 6.61 Å². The van der Waals surface area contributed by atoms with E-state index >= 15 is 0 Å². The Morgan fingerprint density at radius 3 is 2.19 bits per heavy atom.